The van der Waals surface area contributed by atoms with Crippen LogP contribution < -0.4 is 5.73 Å². The molecule has 3 rings (SSSR count). The van der Waals surface area contributed by atoms with Crippen LogP contribution in [0.4, 0.5) is 0 Å². The van der Waals surface area contributed by atoms with Gasteiger partial charge in [-0.25, -0.2) is 0 Å². The first kappa shape index (κ1) is 9.41. The molecule has 0 aliphatic heterocycles. The van der Waals surface area contributed by atoms with E-state index in [0.717, 1.165) is 18.4 Å². The fourth-order valence-corrected chi connectivity index (χ4v) is 3.97. The van der Waals surface area contributed by atoms with E-state index in [-0.39, 0.29) is 0 Å². The fourth-order valence-electron chi connectivity index (χ4n) is 3.97. The molecule has 1 aromatic rings. The molecule has 0 heterocycles. The Kier molecular flexibility index (Phi) is 2.10. The van der Waals surface area contributed by atoms with Gasteiger partial charge in [0.1, 0.15) is 0 Å². The Bertz CT molecular complexity index is 346. The Morgan fingerprint density at radius 3 is 2.73 bits per heavy atom. The molecule has 1 nitrogen and oxygen atoms in total. The highest BCUT2D eigenvalue weighted by atomic mass is 14.6. The highest BCUT2D eigenvalue weighted by Crippen LogP contribution is 2.58. The lowest BCUT2D eigenvalue weighted by atomic mass is 9.70. The Morgan fingerprint density at radius 1 is 1.27 bits per heavy atom. The highest BCUT2D eigenvalue weighted by Gasteiger charge is 2.51. The lowest BCUT2D eigenvalue weighted by Crippen LogP contribution is -2.34. The van der Waals surface area contributed by atoms with Gasteiger partial charge in [0.25, 0.3) is 0 Å². The van der Waals surface area contributed by atoms with Crippen molar-refractivity contribution >= 4 is 0 Å². The van der Waals surface area contributed by atoms with Gasteiger partial charge in [-0.1, -0.05) is 30.3 Å². The van der Waals surface area contributed by atoms with Gasteiger partial charge in [-0.2, -0.15) is 0 Å². The van der Waals surface area contributed by atoms with Crippen molar-refractivity contribution in [3.8, 4) is 0 Å². The minimum atomic E-state index is 0.445. The van der Waals surface area contributed by atoms with Crippen LogP contribution in [0.3, 0.4) is 0 Å². The van der Waals surface area contributed by atoms with Gasteiger partial charge in [-0.05, 0) is 55.0 Å². The van der Waals surface area contributed by atoms with E-state index in [4.69, 9.17) is 5.73 Å². The molecular weight excluding hydrogens is 182 g/mol. The maximum absolute atomic E-state index is 5.94. The number of rotatable bonds is 2. The first-order chi connectivity index (χ1) is 7.35. The zero-order chi connectivity index (χ0) is 10.3. The normalized spacial score (nSPS) is 38.5. The summed E-state index contributed by atoms with van der Waals surface area (Å²) in [4.78, 5) is 0. The van der Waals surface area contributed by atoms with Crippen LogP contribution in [0.2, 0.25) is 0 Å². The molecule has 0 radical (unpaired) electrons. The van der Waals surface area contributed by atoms with Crippen molar-refractivity contribution in [1.29, 1.82) is 0 Å². The third kappa shape index (κ3) is 1.26. The zero-order valence-electron chi connectivity index (χ0n) is 9.15. The molecule has 1 heteroatoms. The van der Waals surface area contributed by atoms with E-state index in [1.807, 2.05) is 0 Å². The summed E-state index contributed by atoms with van der Waals surface area (Å²) in [6.45, 7) is 0.866. The number of hydrogen-bond donors (Lipinski definition) is 1. The molecule has 3 unspecified atom stereocenters. The SMILES string of the molecule is NCC1CC2CCC1(c1ccccc1)C2. The van der Waals surface area contributed by atoms with Crippen LogP contribution >= 0.6 is 0 Å². The molecule has 0 spiro atoms. The molecule has 80 valence electrons. The summed E-state index contributed by atoms with van der Waals surface area (Å²) in [5.41, 5.74) is 7.93. The van der Waals surface area contributed by atoms with Crippen molar-refractivity contribution in [3.05, 3.63) is 35.9 Å². The van der Waals surface area contributed by atoms with E-state index in [2.05, 4.69) is 30.3 Å². The fraction of sp³-hybridized carbons (Fsp3) is 0.571. The van der Waals surface area contributed by atoms with E-state index in [9.17, 15) is 0 Å². The summed E-state index contributed by atoms with van der Waals surface area (Å²) in [6, 6.07) is 11.1. The zero-order valence-corrected chi connectivity index (χ0v) is 9.15. The Morgan fingerprint density at radius 2 is 2.07 bits per heavy atom. The summed E-state index contributed by atoms with van der Waals surface area (Å²) >= 11 is 0. The molecular formula is C14H19N. The van der Waals surface area contributed by atoms with Crippen LogP contribution in [0.5, 0.6) is 0 Å². The van der Waals surface area contributed by atoms with E-state index < -0.39 is 0 Å². The summed E-state index contributed by atoms with van der Waals surface area (Å²) in [6.07, 6.45) is 5.54. The molecule has 2 bridgehead atoms. The molecule has 2 saturated carbocycles. The third-order valence-electron chi connectivity index (χ3n) is 4.68. The van der Waals surface area contributed by atoms with Crippen molar-refractivity contribution < 1.29 is 0 Å². The van der Waals surface area contributed by atoms with Gasteiger partial charge in [0, 0.05) is 0 Å². The number of benzene rings is 1. The number of hydrogen-bond acceptors (Lipinski definition) is 1. The summed E-state index contributed by atoms with van der Waals surface area (Å²) in [5.74, 6) is 1.69. The average molecular weight is 201 g/mol. The molecule has 0 amide bonds. The van der Waals surface area contributed by atoms with E-state index in [0.29, 0.717) is 5.41 Å². The van der Waals surface area contributed by atoms with Gasteiger partial charge in [0.2, 0.25) is 0 Å². The van der Waals surface area contributed by atoms with Crippen molar-refractivity contribution in [2.75, 3.05) is 6.54 Å². The molecule has 15 heavy (non-hydrogen) atoms. The minimum absolute atomic E-state index is 0.445. The van der Waals surface area contributed by atoms with Crippen molar-refractivity contribution in [2.24, 2.45) is 17.6 Å². The summed E-state index contributed by atoms with van der Waals surface area (Å²) in [5, 5.41) is 0. The lowest BCUT2D eigenvalue weighted by Gasteiger charge is -2.35. The predicted molar refractivity (Wildman–Crippen MR) is 62.6 cm³/mol. The van der Waals surface area contributed by atoms with Crippen LogP contribution in [-0.2, 0) is 5.41 Å². The smallest absolute Gasteiger partial charge is 0.000392 e. The van der Waals surface area contributed by atoms with Crippen molar-refractivity contribution in [3.63, 3.8) is 0 Å². The quantitative estimate of drug-likeness (QED) is 0.782. The van der Waals surface area contributed by atoms with Gasteiger partial charge in [0.05, 0.1) is 0 Å². The minimum Gasteiger partial charge on any atom is -0.330 e. The molecule has 3 atom stereocenters. The molecule has 2 fully saturated rings. The molecule has 0 saturated heterocycles. The molecule has 0 aromatic heterocycles. The van der Waals surface area contributed by atoms with E-state index in [1.54, 1.807) is 5.56 Å². The van der Waals surface area contributed by atoms with Gasteiger partial charge in [-0.3, -0.25) is 0 Å². The average Bonchev–Trinajstić information content (AvgIpc) is 2.88. The first-order valence-electron chi connectivity index (χ1n) is 6.11. The van der Waals surface area contributed by atoms with Crippen LogP contribution in [0.15, 0.2) is 30.3 Å². The molecule has 2 N–H and O–H groups in total. The Hall–Kier alpha value is -0.820. The summed E-state index contributed by atoms with van der Waals surface area (Å²) < 4.78 is 0. The lowest BCUT2D eigenvalue weighted by molar-refractivity contribution is 0.287. The summed E-state index contributed by atoms with van der Waals surface area (Å²) in [7, 11) is 0. The third-order valence-corrected chi connectivity index (χ3v) is 4.68. The number of fused-ring (bicyclic) bond motifs is 2. The Labute approximate surface area is 91.7 Å². The van der Waals surface area contributed by atoms with Gasteiger partial charge >= 0.3 is 0 Å². The predicted octanol–water partition coefficient (Wildman–Crippen LogP) is 2.70. The van der Waals surface area contributed by atoms with Crippen LogP contribution in [0, 0.1) is 11.8 Å². The van der Waals surface area contributed by atoms with Crippen LogP contribution in [0.1, 0.15) is 31.2 Å². The maximum atomic E-state index is 5.94. The first-order valence-corrected chi connectivity index (χ1v) is 6.11. The maximum Gasteiger partial charge on any atom is -0.000392 e. The second kappa shape index (κ2) is 3.34. The van der Waals surface area contributed by atoms with Gasteiger partial charge < -0.3 is 5.73 Å². The van der Waals surface area contributed by atoms with E-state index >= 15 is 0 Å². The second-order valence-electron chi connectivity index (χ2n) is 5.30. The highest BCUT2D eigenvalue weighted by molar-refractivity contribution is 5.30. The van der Waals surface area contributed by atoms with Crippen LogP contribution in [-0.4, -0.2) is 6.54 Å². The largest absolute Gasteiger partial charge is 0.330 e. The monoisotopic (exact) mass is 201 g/mol. The van der Waals surface area contributed by atoms with E-state index in [1.165, 1.54) is 25.7 Å². The van der Waals surface area contributed by atoms with Crippen molar-refractivity contribution in [1.82, 2.24) is 0 Å². The molecule has 1 aromatic carbocycles. The second-order valence-corrected chi connectivity index (χ2v) is 5.30. The van der Waals surface area contributed by atoms with Gasteiger partial charge in [0.15, 0.2) is 0 Å². The molecule has 2 aliphatic carbocycles. The van der Waals surface area contributed by atoms with Gasteiger partial charge in [-0.15, -0.1) is 0 Å². The van der Waals surface area contributed by atoms with Crippen LogP contribution in [0.25, 0.3) is 0 Å². The standard InChI is InChI=1S/C14H19N/c15-10-13-8-11-6-7-14(13,9-11)12-4-2-1-3-5-12/h1-5,11,13H,6-10,15H2. The Balaban J connectivity index is 2.01. The molecule has 2 aliphatic rings. The number of nitrogens with two attached hydrogens (primary N) is 1. The van der Waals surface area contributed by atoms with Crippen molar-refractivity contribution in [2.45, 2.75) is 31.1 Å². The topological polar surface area (TPSA) is 26.0 Å².